The lowest BCUT2D eigenvalue weighted by molar-refractivity contribution is 0.920. The summed E-state index contributed by atoms with van der Waals surface area (Å²) in [5.74, 6) is 0. The van der Waals surface area contributed by atoms with Gasteiger partial charge in [0.1, 0.15) is 0 Å². The molecule has 4 aromatic rings. The first-order valence-corrected chi connectivity index (χ1v) is 8.49. The second-order valence-electron chi connectivity index (χ2n) is 5.68. The van der Waals surface area contributed by atoms with Gasteiger partial charge < -0.3 is 4.98 Å². The minimum absolute atomic E-state index is 0.0160. The highest BCUT2D eigenvalue weighted by atomic mass is 32.1. The predicted molar refractivity (Wildman–Crippen MR) is 96.3 cm³/mol. The van der Waals surface area contributed by atoms with Crippen molar-refractivity contribution in [2.75, 3.05) is 0 Å². The number of thiazole rings is 1. The van der Waals surface area contributed by atoms with Crippen LogP contribution in [0.4, 0.5) is 0 Å². The first-order chi connectivity index (χ1) is 11.2. The molecule has 0 spiro atoms. The summed E-state index contributed by atoms with van der Waals surface area (Å²) in [5, 5.41) is 2.20. The van der Waals surface area contributed by atoms with Crippen molar-refractivity contribution in [3.05, 3.63) is 75.0 Å². The molecule has 0 aliphatic heterocycles. The van der Waals surface area contributed by atoms with Crippen molar-refractivity contribution in [2.45, 2.75) is 19.8 Å². The van der Waals surface area contributed by atoms with Crippen LogP contribution in [0.25, 0.3) is 21.1 Å². The Balaban J connectivity index is 1.68. The molecule has 1 N–H and O–H groups in total. The molecule has 2 heterocycles. The van der Waals surface area contributed by atoms with E-state index in [1.165, 1.54) is 4.70 Å². The molecule has 2 aromatic heterocycles. The molecule has 3 nitrogen and oxygen atoms in total. The maximum absolute atomic E-state index is 12.4. The summed E-state index contributed by atoms with van der Waals surface area (Å²) < 4.78 is 1.20. The number of aryl methyl sites for hydroxylation is 2. The summed E-state index contributed by atoms with van der Waals surface area (Å²) >= 11 is 1.71. The standard InChI is InChI=1S/C19H16N2OS/c1-12-13-6-2-3-7-15(13)21-19(22)14(12)10-11-18-20-16-8-4-5-9-17(16)23-18/h2-9H,10-11H2,1H3,(H,21,22). The second-order valence-corrected chi connectivity index (χ2v) is 6.79. The highest BCUT2D eigenvalue weighted by Gasteiger charge is 2.10. The lowest BCUT2D eigenvalue weighted by Crippen LogP contribution is -2.15. The number of aromatic amines is 1. The number of hydrogen-bond acceptors (Lipinski definition) is 3. The Labute approximate surface area is 137 Å². The summed E-state index contributed by atoms with van der Waals surface area (Å²) in [5.41, 5.74) is 3.89. The van der Waals surface area contributed by atoms with Crippen LogP contribution in [0.2, 0.25) is 0 Å². The molecule has 0 bridgehead atoms. The number of H-pyrrole nitrogens is 1. The van der Waals surface area contributed by atoms with E-state index in [-0.39, 0.29) is 5.56 Å². The van der Waals surface area contributed by atoms with Gasteiger partial charge in [-0.1, -0.05) is 30.3 Å². The van der Waals surface area contributed by atoms with Crippen LogP contribution >= 0.6 is 11.3 Å². The van der Waals surface area contributed by atoms with Gasteiger partial charge in [-0.15, -0.1) is 11.3 Å². The van der Waals surface area contributed by atoms with Crippen molar-refractivity contribution in [1.82, 2.24) is 9.97 Å². The Morgan fingerprint density at radius 2 is 1.83 bits per heavy atom. The van der Waals surface area contributed by atoms with Gasteiger partial charge in [-0.05, 0) is 37.1 Å². The molecule has 0 aliphatic rings. The molecule has 0 aliphatic carbocycles. The summed E-state index contributed by atoms with van der Waals surface area (Å²) in [4.78, 5) is 20.0. The van der Waals surface area contributed by atoms with Gasteiger partial charge in [-0.3, -0.25) is 4.79 Å². The van der Waals surface area contributed by atoms with Gasteiger partial charge in [0, 0.05) is 22.9 Å². The maximum Gasteiger partial charge on any atom is 0.251 e. The molecule has 2 aromatic carbocycles. The molecule has 0 amide bonds. The van der Waals surface area contributed by atoms with Crippen LogP contribution in [-0.2, 0) is 12.8 Å². The minimum atomic E-state index is 0.0160. The zero-order valence-corrected chi connectivity index (χ0v) is 13.6. The largest absolute Gasteiger partial charge is 0.322 e. The van der Waals surface area contributed by atoms with Gasteiger partial charge in [0.15, 0.2) is 0 Å². The minimum Gasteiger partial charge on any atom is -0.322 e. The number of hydrogen-bond donors (Lipinski definition) is 1. The van der Waals surface area contributed by atoms with Gasteiger partial charge in [0.05, 0.1) is 15.2 Å². The fourth-order valence-corrected chi connectivity index (χ4v) is 3.98. The third kappa shape index (κ3) is 2.55. The number of nitrogens with one attached hydrogen (secondary N) is 1. The van der Waals surface area contributed by atoms with Crippen LogP contribution in [0, 0.1) is 6.92 Å². The molecule has 0 fully saturated rings. The average molecular weight is 320 g/mol. The Kier molecular flexibility index (Phi) is 3.46. The molecule has 114 valence electrons. The van der Waals surface area contributed by atoms with Gasteiger partial charge >= 0.3 is 0 Å². The van der Waals surface area contributed by atoms with E-state index in [0.29, 0.717) is 6.42 Å². The van der Waals surface area contributed by atoms with Crippen LogP contribution in [0.3, 0.4) is 0 Å². The lowest BCUT2D eigenvalue weighted by atomic mass is 10.0. The van der Waals surface area contributed by atoms with Crippen LogP contribution in [0.1, 0.15) is 16.1 Å². The molecule has 23 heavy (non-hydrogen) atoms. The summed E-state index contributed by atoms with van der Waals surface area (Å²) in [6.45, 7) is 2.03. The van der Waals surface area contributed by atoms with E-state index < -0.39 is 0 Å². The normalized spacial score (nSPS) is 11.3. The number of aromatic nitrogens is 2. The zero-order valence-electron chi connectivity index (χ0n) is 12.8. The van der Waals surface area contributed by atoms with E-state index in [2.05, 4.69) is 22.1 Å². The molecule has 0 atom stereocenters. The molecule has 4 heteroatoms. The first kappa shape index (κ1) is 14.2. The molecular weight excluding hydrogens is 304 g/mol. The summed E-state index contributed by atoms with van der Waals surface area (Å²) in [7, 11) is 0. The first-order valence-electron chi connectivity index (χ1n) is 7.67. The highest BCUT2D eigenvalue weighted by Crippen LogP contribution is 2.23. The number of nitrogens with zero attached hydrogens (tertiary/aromatic N) is 1. The Morgan fingerprint density at radius 1 is 1.04 bits per heavy atom. The molecule has 0 radical (unpaired) electrons. The van der Waals surface area contributed by atoms with Gasteiger partial charge in [0.2, 0.25) is 0 Å². The van der Waals surface area contributed by atoms with Gasteiger partial charge in [-0.25, -0.2) is 4.98 Å². The summed E-state index contributed by atoms with van der Waals surface area (Å²) in [6.07, 6.45) is 1.51. The van der Waals surface area contributed by atoms with Crippen LogP contribution < -0.4 is 5.56 Å². The third-order valence-corrected chi connectivity index (χ3v) is 5.33. The fourth-order valence-electron chi connectivity index (χ4n) is 3.01. The maximum atomic E-state index is 12.4. The van der Waals surface area contributed by atoms with Crippen molar-refractivity contribution >= 4 is 32.5 Å². The van der Waals surface area contributed by atoms with Crippen molar-refractivity contribution in [2.24, 2.45) is 0 Å². The van der Waals surface area contributed by atoms with Crippen LogP contribution in [0.5, 0.6) is 0 Å². The zero-order chi connectivity index (χ0) is 15.8. The van der Waals surface area contributed by atoms with E-state index >= 15 is 0 Å². The SMILES string of the molecule is Cc1c(CCc2nc3ccccc3s2)c(=O)[nH]c2ccccc12. The lowest BCUT2D eigenvalue weighted by Gasteiger charge is -2.07. The highest BCUT2D eigenvalue weighted by molar-refractivity contribution is 7.18. The number of fused-ring (bicyclic) bond motifs is 2. The van der Waals surface area contributed by atoms with Crippen LogP contribution in [0.15, 0.2) is 53.3 Å². The fraction of sp³-hybridized carbons (Fsp3) is 0.158. The average Bonchev–Trinajstić information content (AvgIpc) is 2.97. The van der Waals surface area contributed by atoms with E-state index in [1.807, 2.05) is 43.3 Å². The monoisotopic (exact) mass is 320 g/mol. The van der Waals surface area contributed by atoms with E-state index in [9.17, 15) is 4.79 Å². The number of rotatable bonds is 3. The smallest absolute Gasteiger partial charge is 0.251 e. The molecule has 4 rings (SSSR count). The van der Waals surface area contributed by atoms with E-state index in [1.54, 1.807) is 11.3 Å². The molecule has 0 unspecified atom stereocenters. The quantitative estimate of drug-likeness (QED) is 0.614. The van der Waals surface area contributed by atoms with Gasteiger partial charge in [-0.2, -0.15) is 0 Å². The Hall–Kier alpha value is -2.46. The Bertz CT molecular complexity index is 1030. The predicted octanol–water partition coefficient (Wildman–Crippen LogP) is 4.23. The van der Waals surface area contributed by atoms with E-state index in [0.717, 1.165) is 39.0 Å². The third-order valence-electron chi connectivity index (χ3n) is 4.23. The number of para-hydroxylation sites is 2. The number of pyridine rings is 1. The molecular formula is C19H16N2OS. The second kappa shape index (κ2) is 5.63. The number of benzene rings is 2. The molecule has 0 saturated carbocycles. The topological polar surface area (TPSA) is 45.8 Å². The van der Waals surface area contributed by atoms with E-state index in [4.69, 9.17) is 0 Å². The Morgan fingerprint density at radius 3 is 2.70 bits per heavy atom. The van der Waals surface area contributed by atoms with Crippen molar-refractivity contribution in [3.8, 4) is 0 Å². The van der Waals surface area contributed by atoms with Crippen molar-refractivity contribution in [1.29, 1.82) is 0 Å². The van der Waals surface area contributed by atoms with Gasteiger partial charge in [0.25, 0.3) is 5.56 Å². The van der Waals surface area contributed by atoms with Crippen LogP contribution in [-0.4, -0.2) is 9.97 Å². The van der Waals surface area contributed by atoms with Crippen molar-refractivity contribution in [3.63, 3.8) is 0 Å². The molecule has 0 saturated heterocycles. The summed E-state index contributed by atoms with van der Waals surface area (Å²) in [6, 6.07) is 16.1. The van der Waals surface area contributed by atoms with Crippen molar-refractivity contribution < 1.29 is 0 Å².